The molecular weight excluding hydrogens is 392 g/mol. The van der Waals surface area contributed by atoms with Crippen molar-refractivity contribution in [3.63, 3.8) is 0 Å². The number of ether oxygens (including phenoxy) is 1. The molecule has 166 valence electrons. The number of aliphatic hydroxyl groups is 1. The van der Waals surface area contributed by atoms with E-state index in [1.807, 2.05) is 26.6 Å². The normalized spacial score (nSPS) is 45.4. The second kappa shape index (κ2) is 7.38. The van der Waals surface area contributed by atoms with Crippen LogP contribution in [0.5, 0.6) is 0 Å². The van der Waals surface area contributed by atoms with Gasteiger partial charge in [-0.2, -0.15) is 0 Å². The number of aryl methyl sites for hydroxylation is 1. The maximum atomic E-state index is 11.9. The summed E-state index contributed by atoms with van der Waals surface area (Å²) >= 11 is 1.73. The fourth-order valence-corrected chi connectivity index (χ4v) is 9.15. The van der Waals surface area contributed by atoms with Crippen LogP contribution in [-0.4, -0.2) is 39.2 Å². The van der Waals surface area contributed by atoms with Crippen LogP contribution in [0.15, 0.2) is 29.2 Å². The van der Waals surface area contributed by atoms with Gasteiger partial charge in [0.25, 0.3) is 0 Å². The van der Waals surface area contributed by atoms with Gasteiger partial charge in [-0.15, -0.1) is 0 Å². The van der Waals surface area contributed by atoms with E-state index in [0.29, 0.717) is 17.4 Å². The van der Waals surface area contributed by atoms with E-state index in [0.717, 1.165) is 42.0 Å². The molecule has 0 aromatic carbocycles. The lowest BCUT2D eigenvalue weighted by molar-refractivity contribution is -0.116. The first-order valence-corrected chi connectivity index (χ1v) is 12.9. The Morgan fingerprint density at radius 2 is 1.97 bits per heavy atom. The smallest absolute Gasteiger partial charge is 0.167 e. The molecule has 1 aromatic heterocycles. The average Bonchev–Trinajstić information content (AvgIpc) is 3.26. The number of rotatable bonds is 4. The van der Waals surface area contributed by atoms with Gasteiger partial charge in [0, 0.05) is 37.7 Å². The van der Waals surface area contributed by atoms with E-state index >= 15 is 0 Å². The Bertz CT molecular complexity index is 837. The summed E-state index contributed by atoms with van der Waals surface area (Å²) in [5, 5.41) is 12.9. The average molecular weight is 431 g/mol. The van der Waals surface area contributed by atoms with Crippen LogP contribution < -0.4 is 0 Å². The van der Waals surface area contributed by atoms with E-state index in [1.165, 1.54) is 32.1 Å². The number of hydrogen-bond acceptors (Lipinski definition) is 4. The molecule has 0 spiro atoms. The standard InChI is InChI=1S/C25H38N2O2S/c1-23-10-7-18(29-4)15-17(23)5-6-19-20(23)8-11-24(2)21(19)9-12-25(24,28)16-30-22-26-13-14-27(22)3/h13-15,18-21,28H,5-12,16H2,1-4H3/t18-,19-,20+,21-,23-,24-,25+/m0/s1. The van der Waals surface area contributed by atoms with E-state index in [4.69, 9.17) is 4.74 Å². The largest absolute Gasteiger partial charge is 0.388 e. The van der Waals surface area contributed by atoms with Crippen molar-refractivity contribution in [2.45, 2.75) is 82.1 Å². The molecule has 0 aliphatic heterocycles. The molecule has 1 aromatic rings. The van der Waals surface area contributed by atoms with Crippen molar-refractivity contribution < 1.29 is 9.84 Å². The molecule has 1 heterocycles. The van der Waals surface area contributed by atoms with Crippen molar-refractivity contribution >= 4 is 11.8 Å². The minimum Gasteiger partial charge on any atom is -0.388 e. The van der Waals surface area contributed by atoms with Crippen molar-refractivity contribution in [2.24, 2.45) is 35.6 Å². The number of aromatic nitrogens is 2. The molecule has 3 saturated carbocycles. The van der Waals surface area contributed by atoms with Crippen molar-refractivity contribution in [2.75, 3.05) is 12.9 Å². The monoisotopic (exact) mass is 430 g/mol. The summed E-state index contributed by atoms with van der Waals surface area (Å²) in [5.41, 5.74) is 1.48. The molecule has 0 saturated heterocycles. The Labute approximate surface area is 185 Å². The fourth-order valence-electron chi connectivity index (χ4n) is 7.90. The van der Waals surface area contributed by atoms with Crippen LogP contribution in [0.1, 0.15) is 65.2 Å². The van der Waals surface area contributed by atoms with Gasteiger partial charge in [0.2, 0.25) is 0 Å². The van der Waals surface area contributed by atoms with Gasteiger partial charge < -0.3 is 14.4 Å². The molecule has 3 fully saturated rings. The number of thioether (sulfide) groups is 1. The summed E-state index contributed by atoms with van der Waals surface area (Å²) < 4.78 is 7.74. The lowest BCUT2D eigenvalue weighted by Crippen LogP contribution is -2.55. The van der Waals surface area contributed by atoms with E-state index < -0.39 is 5.60 Å². The summed E-state index contributed by atoms with van der Waals surface area (Å²) in [6, 6.07) is 0. The van der Waals surface area contributed by atoms with E-state index in [1.54, 1.807) is 17.3 Å². The van der Waals surface area contributed by atoms with Gasteiger partial charge in [0.1, 0.15) is 0 Å². The zero-order chi connectivity index (χ0) is 21.1. The van der Waals surface area contributed by atoms with Crippen LogP contribution in [0.3, 0.4) is 0 Å². The highest BCUT2D eigenvalue weighted by Gasteiger charge is 2.63. The number of hydrogen-bond donors (Lipinski definition) is 1. The zero-order valence-electron chi connectivity index (χ0n) is 19.1. The third kappa shape index (κ3) is 2.98. The third-order valence-electron chi connectivity index (χ3n) is 9.91. The number of allylic oxidation sites excluding steroid dienone is 1. The van der Waals surface area contributed by atoms with E-state index in [9.17, 15) is 5.11 Å². The molecule has 0 bridgehead atoms. The van der Waals surface area contributed by atoms with Gasteiger partial charge in [0.15, 0.2) is 5.16 Å². The highest BCUT2D eigenvalue weighted by atomic mass is 32.2. The highest BCUT2D eigenvalue weighted by Crippen LogP contribution is 2.68. The number of nitrogens with zero attached hydrogens (tertiary/aromatic N) is 2. The SMILES string of the molecule is CO[C@@H]1C=C2CC[C@H]3[C@@H](CC[C@@]4(C)[C@H]3CC[C@@]4(O)CSc3nccn3C)[C@@]2(C)CC1. The van der Waals surface area contributed by atoms with Gasteiger partial charge in [-0.05, 0) is 74.5 Å². The van der Waals surface area contributed by atoms with Crippen LogP contribution in [-0.2, 0) is 11.8 Å². The fraction of sp³-hybridized carbons (Fsp3) is 0.800. The zero-order valence-corrected chi connectivity index (χ0v) is 19.9. The molecule has 0 radical (unpaired) electrons. The van der Waals surface area contributed by atoms with Crippen LogP contribution in [0, 0.1) is 28.6 Å². The minimum absolute atomic E-state index is 0.0354. The molecule has 0 amide bonds. The Morgan fingerprint density at radius 3 is 2.70 bits per heavy atom. The molecule has 4 aliphatic carbocycles. The summed E-state index contributed by atoms with van der Waals surface area (Å²) in [6.45, 7) is 4.96. The van der Waals surface area contributed by atoms with Gasteiger partial charge in [-0.1, -0.05) is 37.3 Å². The number of fused-ring (bicyclic) bond motifs is 5. The second-order valence-electron chi connectivity index (χ2n) is 11.0. The topological polar surface area (TPSA) is 47.3 Å². The molecular formula is C25H38N2O2S. The Morgan fingerprint density at radius 1 is 1.17 bits per heavy atom. The van der Waals surface area contributed by atoms with Gasteiger partial charge in [0.05, 0.1) is 11.7 Å². The van der Waals surface area contributed by atoms with Crippen molar-refractivity contribution in [1.82, 2.24) is 9.55 Å². The molecule has 30 heavy (non-hydrogen) atoms. The molecule has 5 heteroatoms. The van der Waals surface area contributed by atoms with Crippen molar-refractivity contribution in [3.05, 3.63) is 24.0 Å². The first-order valence-electron chi connectivity index (χ1n) is 11.9. The quantitative estimate of drug-likeness (QED) is 0.525. The van der Waals surface area contributed by atoms with Gasteiger partial charge >= 0.3 is 0 Å². The van der Waals surface area contributed by atoms with E-state index in [2.05, 4.69) is 29.5 Å². The van der Waals surface area contributed by atoms with Crippen LogP contribution in [0.4, 0.5) is 0 Å². The highest BCUT2D eigenvalue weighted by molar-refractivity contribution is 7.99. The van der Waals surface area contributed by atoms with Crippen LogP contribution in [0.25, 0.3) is 0 Å². The Hall–Kier alpha value is -0.780. The lowest BCUT2D eigenvalue weighted by Gasteiger charge is -2.59. The van der Waals surface area contributed by atoms with Crippen molar-refractivity contribution in [3.8, 4) is 0 Å². The summed E-state index contributed by atoms with van der Waals surface area (Å²) in [7, 11) is 3.89. The third-order valence-corrected chi connectivity index (χ3v) is 11.2. The van der Waals surface area contributed by atoms with Gasteiger partial charge in [-0.25, -0.2) is 4.98 Å². The van der Waals surface area contributed by atoms with Crippen LogP contribution in [0.2, 0.25) is 0 Å². The summed E-state index contributed by atoms with van der Waals surface area (Å²) in [4.78, 5) is 4.47. The Kier molecular flexibility index (Phi) is 5.19. The summed E-state index contributed by atoms with van der Waals surface area (Å²) in [6.07, 6.45) is 16.1. The summed E-state index contributed by atoms with van der Waals surface area (Å²) in [5.74, 6) is 2.96. The molecule has 4 nitrogen and oxygen atoms in total. The van der Waals surface area contributed by atoms with E-state index in [-0.39, 0.29) is 5.41 Å². The first kappa shape index (κ1) is 21.1. The molecule has 0 unspecified atom stereocenters. The second-order valence-corrected chi connectivity index (χ2v) is 11.9. The Balaban J connectivity index is 1.37. The van der Waals surface area contributed by atoms with Gasteiger partial charge in [-0.3, -0.25) is 0 Å². The predicted molar refractivity (Wildman–Crippen MR) is 121 cm³/mol. The lowest BCUT2D eigenvalue weighted by atomic mass is 9.46. The molecule has 4 aliphatic rings. The van der Waals surface area contributed by atoms with Crippen LogP contribution >= 0.6 is 11.8 Å². The minimum atomic E-state index is -0.579. The van der Waals surface area contributed by atoms with Crippen molar-refractivity contribution in [1.29, 1.82) is 0 Å². The maximum Gasteiger partial charge on any atom is 0.167 e. The molecule has 1 N–H and O–H groups in total. The predicted octanol–water partition coefficient (Wildman–Crippen LogP) is 5.22. The maximum absolute atomic E-state index is 11.9. The number of methoxy groups -OCH3 is 1. The first-order chi connectivity index (χ1) is 14.3. The molecule has 5 rings (SSSR count). The number of imidazole rings is 1. The molecule has 7 atom stereocenters.